The van der Waals surface area contributed by atoms with Crippen molar-refractivity contribution in [3.63, 3.8) is 0 Å². The summed E-state index contributed by atoms with van der Waals surface area (Å²) < 4.78 is 16.8. The molecule has 0 unspecified atom stereocenters. The van der Waals surface area contributed by atoms with Crippen molar-refractivity contribution in [2.24, 2.45) is 11.8 Å². The Balaban J connectivity index is 4.23. The molecular formula is C55H106O6. The normalized spacial score (nSPS) is 12.0. The number of carbonyl (C=O) groups excluding carboxylic acids is 3. The molecule has 0 aromatic heterocycles. The maximum atomic E-state index is 12.8. The number of rotatable bonds is 49. The molecule has 0 aromatic carbocycles. The van der Waals surface area contributed by atoms with Crippen molar-refractivity contribution in [3.8, 4) is 0 Å². The van der Waals surface area contributed by atoms with E-state index in [1.807, 2.05) is 0 Å². The minimum absolute atomic E-state index is 0.0632. The summed E-state index contributed by atoms with van der Waals surface area (Å²) in [6.07, 6.45) is 49.5. The van der Waals surface area contributed by atoms with E-state index >= 15 is 0 Å². The molecule has 0 spiro atoms. The van der Waals surface area contributed by atoms with Crippen LogP contribution in [0.2, 0.25) is 0 Å². The third-order valence-corrected chi connectivity index (χ3v) is 12.5. The monoisotopic (exact) mass is 863 g/mol. The van der Waals surface area contributed by atoms with Gasteiger partial charge in [0.25, 0.3) is 0 Å². The van der Waals surface area contributed by atoms with Gasteiger partial charge in [-0.25, -0.2) is 0 Å². The van der Waals surface area contributed by atoms with Gasteiger partial charge in [0, 0.05) is 19.3 Å². The number of esters is 3. The molecule has 6 heteroatoms. The summed E-state index contributed by atoms with van der Waals surface area (Å²) in [5.74, 6) is 0.841. The quantitative estimate of drug-likeness (QED) is 0.0344. The van der Waals surface area contributed by atoms with Gasteiger partial charge < -0.3 is 14.2 Å². The molecule has 0 amide bonds. The summed E-state index contributed by atoms with van der Waals surface area (Å²) in [5, 5.41) is 0. The Labute approximate surface area is 380 Å². The summed E-state index contributed by atoms with van der Waals surface area (Å²) in [7, 11) is 0. The van der Waals surface area contributed by atoms with E-state index in [0.717, 1.165) is 69.6 Å². The van der Waals surface area contributed by atoms with Crippen molar-refractivity contribution < 1.29 is 28.6 Å². The molecular weight excluding hydrogens is 757 g/mol. The van der Waals surface area contributed by atoms with Crippen LogP contribution in [-0.2, 0) is 28.6 Å². The van der Waals surface area contributed by atoms with Crippen molar-refractivity contribution >= 4 is 17.9 Å². The average molecular weight is 863 g/mol. The van der Waals surface area contributed by atoms with Crippen LogP contribution in [0, 0.1) is 11.8 Å². The Hall–Kier alpha value is -1.59. The fourth-order valence-corrected chi connectivity index (χ4v) is 8.34. The highest BCUT2D eigenvalue weighted by Gasteiger charge is 2.19. The van der Waals surface area contributed by atoms with E-state index in [0.29, 0.717) is 19.3 Å². The van der Waals surface area contributed by atoms with Gasteiger partial charge in [-0.1, -0.05) is 266 Å². The van der Waals surface area contributed by atoms with Crippen LogP contribution in [0.25, 0.3) is 0 Å². The summed E-state index contributed by atoms with van der Waals surface area (Å²) >= 11 is 0. The molecule has 0 aromatic rings. The van der Waals surface area contributed by atoms with Crippen LogP contribution in [-0.4, -0.2) is 37.2 Å². The van der Waals surface area contributed by atoms with Gasteiger partial charge in [-0.3, -0.25) is 14.4 Å². The lowest BCUT2D eigenvalue weighted by atomic mass is 10.0. The lowest BCUT2D eigenvalue weighted by Gasteiger charge is -2.18. The van der Waals surface area contributed by atoms with E-state index in [-0.39, 0.29) is 31.1 Å². The zero-order valence-electron chi connectivity index (χ0n) is 41.8. The number of ether oxygens (including phenoxy) is 3. The van der Waals surface area contributed by atoms with Gasteiger partial charge in [0.15, 0.2) is 6.10 Å². The summed E-state index contributed by atoms with van der Waals surface area (Å²) in [6, 6.07) is 0. The van der Waals surface area contributed by atoms with Crippen LogP contribution in [0.15, 0.2) is 0 Å². The smallest absolute Gasteiger partial charge is 0.306 e. The lowest BCUT2D eigenvalue weighted by Crippen LogP contribution is -2.30. The SMILES string of the molecule is CCCCCCCCCCCC(=O)OC[C@@H](COC(=O)CCCCCCCCCCCCCCCCCC(C)C)OC(=O)CCCCCCCCCCCCCCCC(C)C. The molecule has 0 heterocycles. The van der Waals surface area contributed by atoms with E-state index in [1.165, 1.54) is 193 Å². The number of unbranched alkanes of at least 4 members (excludes halogenated alkanes) is 34. The number of carbonyl (C=O) groups is 3. The number of hydrogen-bond donors (Lipinski definition) is 0. The summed E-state index contributed by atoms with van der Waals surface area (Å²) in [4.78, 5) is 37.9. The minimum atomic E-state index is -0.761. The second-order valence-corrected chi connectivity index (χ2v) is 19.8. The van der Waals surface area contributed by atoms with Crippen LogP contribution < -0.4 is 0 Å². The van der Waals surface area contributed by atoms with Crippen molar-refractivity contribution in [1.82, 2.24) is 0 Å². The van der Waals surface area contributed by atoms with Gasteiger partial charge in [0.1, 0.15) is 13.2 Å². The van der Waals surface area contributed by atoms with Gasteiger partial charge in [0.2, 0.25) is 0 Å². The highest BCUT2D eigenvalue weighted by molar-refractivity contribution is 5.71. The van der Waals surface area contributed by atoms with E-state index in [4.69, 9.17) is 14.2 Å². The predicted molar refractivity (Wildman–Crippen MR) is 261 cm³/mol. The molecule has 6 nitrogen and oxygen atoms in total. The first-order valence-electron chi connectivity index (χ1n) is 27.2. The molecule has 61 heavy (non-hydrogen) atoms. The Morgan fingerprint density at radius 2 is 0.541 bits per heavy atom. The standard InChI is InChI=1S/C55H106O6/c1-6-7-8-9-10-23-30-35-40-45-53(56)59-48-52(61-55(58)47-42-37-32-27-22-18-14-16-20-25-29-34-39-44-51(4)5)49-60-54(57)46-41-36-31-26-21-17-13-11-12-15-19-24-28-33-38-43-50(2)3/h50-52H,6-49H2,1-5H3/t52-/m0/s1. The van der Waals surface area contributed by atoms with Gasteiger partial charge in [-0.2, -0.15) is 0 Å². The molecule has 0 aliphatic carbocycles. The molecule has 0 fully saturated rings. The first kappa shape index (κ1) is 59.4. The molecule has 362 valence electrons. The third-order valence-electron chi connectivity index (χ3n) is 12.5. The van der Waals surface area contributed by atoms with Crippen molar-refractivity contribution in [1.29, 1.82) is 0 Å². The lowest BCUT2D eigenvalue weighted by molar-refractivity contribution is -0.167. The molecule has 1 atom stereocenters. The first-order valence-corrected chi connectivity index (χ1v) is 27.2. The second-order valence-electron chi connectivity index (χ2n) is 19.8. The summed E-state index contributed by atoms with van der Waals surface area (Å²) in [5.41, 5.74) is 0. The van der Waals surface area contributed by atoms with Crippen LogP contribution in [0.1, 0.15) is 304 Å². The van der Waals surface area contributed by atoms with Gasteiger partial charge in [0.05, 0.1) is 0 Å². The predicted octanol–water partition coefficient (Wildman–Crippen LogP) is 17.7. The fraction of sp³-hybridized carbons (Fsp3) is 0.945. The van der Waals surface area contributed by atoms with E-state index < -0.39 is 6.10 Å². The second kappa shape index (κ2) is 47.9. The van der Waals surface area contributed by atoms with Gasteiger partial charge in [-0.05, 0) is 31.1 Å². The molecule has 0 radical (unpaired) electrons. The molecule has 0 aliphatic rings. The van der Waals surface area contributed by atoms with Crippen molar-refractivity contribution in [2.75, 3.05) is 13.2 Å². The van der Waals surface area contributed by atoms with Crippen LogP contribution >= 0.6 is 0 Å². The van der Waals surface area contributed by atoms with Gasteiger partial charge in [-0.15, -0.1) is 0 Å². The fourth-order valence-electron chi connectivity index (χ4n) is 8.34. The topological polar surface area (TPSA) is 78.9 Å². The van der Waals surface area contributed by atoms with Crippen molar-refractivity contribution in [3.05, 3.63) is 0 Å². The zero-order chi connectivity index (χ0) is 44.7. The summed E-state index contributed by atoms with van der Waals surface area (Å²) in [6.45, 7) is 11.4. The largest absolute Gasteiger partial charge is 0.462 e. The zero-order valence-corrected chi connectivity index (χ0v) is 41.8. The maximum Gasteiger partial charge on any atom is 0.306 e. The Morgan fingerprint density at radius 1 is 0.311 bits per heavy atom. The maximum absolute atomic E-state index is 12.8. The average Bonchev–Trinajstić information content (AvgIpc) is 3.23. The molecule has 0 saturated carbocycles. The Morgan fingerprint density at radius 3 is 0.803 bits per heavy atom. The Kier molecular flexibility index (Phi) is 46.6. The third kappa shape index (κ3) is 49.3. The van der Waals surface area contributed by atoms with Crippen molar-refractivity contribution in [2.45, 2.75) is 310 Å². The van der Waals surface area contributed by atoms with E-state index in [9.17, 15) is 14.4 Å². The molecule has 0 bridgehead atoms. The van der Waals surface area contributed by atoms with Crippen LogP contribution in [0.5, 0.6) is 0 Å². The molecule has 0 saturated heterocycles. The minimum Gasteiger partial charge on any atom is -0.462 e. The first-order chi connectivity index (χ1) is 29.7. The van der Waals surface area contributed by atoms with E-state index in [1.54, 1.807) is 0 Å². The molecule has 0 rings (SSSR count). The van der Waals surface area contributed by atoms with Gasteiger partial charge >= 0.3 is 17.9 Å². The highest BCUT2D eigenvalue weighted by Crippen LogP contribution is 2.18. The number of hydrogen-bond acceptors (Lipinski definition) is 6. The Bertz CT molecular complexity index is 931. The van der Waals surface area contributed by atoms with Crippen LogP contribution in [0.4, 0.5) is 0 Å². The molecule has 0 N–H and O–H groups in total. The van der Waals surface area contributed by atoms with Crippen LogP contribution in [0.3, 0.4) is 0 Å². The molecule has 0 aliphatic heterocycles. The highest BCUT2D eigenvalue weighted by atomic mass is 16.6. The van der Waals surface area contributed by atoms with E-state index in [2.05, 4.69) is 34.6 Å².